The molecule has 18 heavy (non-hydrogen) atoms. The van der Waals surface area contributed by atoms with Crippen LogP contribution < -0.4 is 5.32 Å². The zero-order valence-electron chi connectivity index (χ0n) is 10.1. The molecular weight excluding hydrogens is 248 g/mol. The van der Waals surface area contributed by atoms with Crippen LogP contribution in [0.1, 0.15) is 11.3 Å². The van der Waals surface area contributed by atoms with E-state index in [9.17, 15) is 5.11 Å². The van der Waals surface area contributed by atoms with Crippen LogP contribution in [-0.2, 0) is 6.42 Å². The van der Waals surface area contributed by atoms with E-state index in [1.54, 1.807) is 6.20 Å². The summed E-state index contributed by atoms with van der Waals surface area (Å²) in [6.45, 7) is 2.50. The molecule has 0 spiro atoms. The highest BCUT2D eigenvalue weighted by Crippen LogP contribution is 2.10. The first-order valence-electron chi connectivity index (χ1n) is 5.79. The predicted octanol–water partition coefficient (Wildman–Crippen LogP) is 2.66. The maximum atomic E-state index is 9.87. The van der Waals surface area contributed by atoms with Crippen molar-refractivity contribution in [2.24, 2.45) is 0 Å². The van der Waals surface area contributed by atoms with Crippen molar-refractivity contribution >= 4 is 17.9 Å². The number of aryl methyl sites for hydroxylation is 1. The van der Waals surface area contributed by atoms with E-state index in [0.717, 1.165) is 5.69 Å². The molecule has 5 heteroatoms. The van der Waals surface area contributed by atoms with Gasteiger partial charge in [-0.2, -0.15) is 0 Å². The van der Waals surface area contributed by atoms with Crippen LogP contribution in [0.15, 0.2) is 34.9 Å². The SMILES string of the molecule is Cc1cccc(NCC(O)Cc2c[nH]c(=S)o2)c1. The number of aliphatic hydroxyl groups excluding tert-OH is 1. The van der Waals surface area contributed by atoms with Crippen LogP contribution in [0.3, 0.4) is 0 Å². The van der Waals surface area contributed by atoms with E-state index in [0.29, 0.717) is 23.6 Å². The van der Waals surface area contributed by atoms with Crippen LogP contribution in [0.5, 0.6) is 0 Å². The first kappa shape index (κ1) is 12.9. The number of hydrogen-bond acceptors (Lipinski definition) is 4. The van der Waals surface area contributed by atoms with Gasteiger partial charge in [-0.25, -0.2) is 0 Å². The van der Waals surface area contributed by atoms with Gasteiger partial charge in [0.2, 0.25) is 0 Å². The molecule has 0 saturated carbocycles. The summed E-state index contributed by atoms with van der Waals surface area (Å²) in [6, 6.07) is 8.02. The van der Waals surface area contributed by atoms with Gasteiger partial charge in [0, 0.05) is 24.8 Å². The number of hydrogen-bond donors (Lipinski definition) is 3. The molecule has 0 radical (unpaired) electrons. The Morgan fingerprint density at radius 3 is 3.00 bits per heavy atom. The summed E-state index contributed by atoms with van der Waals surface area (Å²) in [7, 11) is 0. The first-order valence-corrected chi connectivity index (χ1v) is 6.20. The second-order valence-electron chi connectivity index (χ2n) is 4.25. The highest BCUT2D eigenvalue weighted by atomic mass is 32.1. The number of oxazole rings is 1. The van der Waals surface area contributed by atoms with E-state index < -0.39 is 6.10 Å². The third kappa shape index (κ3) is 3.72. The van der Waals surface area contributed by atoms with Crippen LogP contribution in [0.2, 0.25) is 0 Å². The summed E-state index contributed by atoms with van der Waals surface area (Å²) in [5, 5.41) is 13.1. The summed E-state index contributed by atoms with van der Waals surface area (Å²) in [5.74, 6) is 0.665. The van der Waals surface area contributed by atoms with Crippen LogP contribution in [0.4, 0.5) is 5.69 Å². The molecular formula is C13H16N2O2S. The fourth-order valence-electron chi connectivity index (χ4n) is 1.71. The standard InChI is InChI=1S/C13H16N2O2S/c1-9-3-2-4-10(5-9)14-7-11(16)6-12-8-15-13(18)17-12/h2-5,8,11,14,16H,6-7H2,1H3,(H,15,18). The third-order valence-electron chi connectivity index (χ3n) is 2.57. The fourth-order valence-corrected chi connectivity index (χ4v) is 1.88. The largest absolute Gasteiger partial charge is 0.435 e. The van der Waals surface area contributed by atoms with Crippen LogP contribution in [-0.4, -0.2) is 22.7 Å². The lowest BCUT2D eigenvalue weighted by molar-refractivity contribution is 0.180. The molecule has 2 aromatic rings. The number of aromatic nitrogens is 1. The highest BCUT2D eigenvalue weighted by molar-refractivity contribution is 7.71. The number of rotatable bonds is 5. The molecule has 1 heterocycles. The van der Waals surface area contributed by atoms with Gasteiger partial charge in [-0.05, 0) is 36.8 Å². The van der Waals surface area contributed by atoms with Gasteiger partial charge < -0.3 is 19.8 Å². The Bertz CT molecular complexity index is 562. The smallest absolute Gasteiger partial charge is 0.266 e. The number of H-pyrrole nitrogens is 1. The molecule has 1 aromatic heterocycles. The van der Waals surface area contributed by atoms with Gasteiger partial charge in [0.05, 0.1) is 6.10 Å². The first-order chi connectivity index (χ1) is 8.63. The molecule has 1 atom stereocenters. The summed E-state index contributed by atoms with van der Waals surface area (Å²) in [4.78, 5) is 3.11. The number of anilines is 1. The number of aromatic amines is 1. The van der Waals surface area contributed by atoms with Crippen molar-refractivity contribution in [3.05, 3.63) is 46.6 Å². The van der Waals surface area contributed by atoms with E-state index in [1.807, 2.05) is 31.2 Å². The maximum absolute atomic E-state index is 9.87. The van der Waals surface area contributed by atoms with Crippen molar-refractivity contribution in [3.63, 3.8) is 0 Å². The van der Waals surface area contributed by atoms with E-state index >= 15 is 0 Å². The van der Waals surface area contributed by atoms with Gasteiger partial charge >= 0.3 is 0 Å². The summed E-state index contributed by atoms with van der Waals surface area (Å²) >= 11 is 4.82. The lowest BCUT2D eigenvalue weighted by Crippen LogP contribution is -2.21. The third-order valence-corrected chi connectivity index (χ3v) is 2.77. The van der Waals surface area contributed by atoms with E-state index in [-0.39, 0.29) is 0 Å². The molecule has 0 amide bonds. The molecule has 4 nitrogen and oxygen atoms in total. The van der Waals surface area contributed by atoms with E-state index in [4.69, 9.17) is 16.6 Å². The average Bonchev–Trinajstić information content (AvgIpc) is 2.72. The summed E-state index contributed by atoms with van der Waals surface area (Å²) in [5.41, 5.74) is 2.19. The number of aliphatic hydroxyl groups is 1. The van der Waals surface area contributed by atoms with Gasteiger partial charge in [-0.1, -0.05) is 12.1 Å². The Hall–Kier alpha value is -1.59. The topological polar surface area (TPSA) is 61.2 Å². The van der Waals surface area contributed by atoms with Crippen LogP contribution in [0, 0.1) is 11.8 Å². The molecule has 96 valence electrons. The van der Waals surface area contributed by atoms with Gasteiger partial charge in [-0.15, -0.1) is 0 Å². The zero-order chi connectivity index (χ0) is 13.0. The van der Waals surface area contributed by atoms with Crippen molar-refractivity contribution < 1.29 is 9.52 Å². The number of benzene rings is 1. The molecule has 0 saturated heterocycles. The molecule has 0 aliphatic heterocycles. The molecule has 0 aliphatic carbocycles. The molecule has 1 aromatic carbocycles. The van der Waals surface area contributed by atoms with Gasteiger partial charge in [-0.3, -0.25) is 0 Å². The van der Waals surface area contributed by atoms with Gasteiger partial charge in [0.1, 0.15) is 5.76 Å². The second-order valence-corrected chi connectivity index (χ2v) is 4.62. The average molecular weight is 264 g/mol. The molecule has 3 N–H and O–H groups in total. The monoisotopic (exact) mass is 264 g/mol. The van der Waals surface area contributed by atoms with Crippen molar-refractivity contribution in [1.82, 2.24) is 4.98 Å². The van der Waals surface area contributed by atoms with Crippen molar-refractivity contribution in [3.8, 4) is 0 Å². The lowest BCUT2D eigenvalue weighted by Gasteiger charge is -2.11. The quantitative estimate of drug-likeness (QED) is 0.727. The summed E-state index contributed by atoms with van der Waals surface area (Å²) in [6.07, 6.45) is 1.60. The van der Waals surface area contributed by atoms with Crippen LogP contribution >= 0.6 is 12.2 Å². The Labute approximate surface area is 111 Å². The molecule has 2 rings (SSSR count). The maximum Gasteiger partial charge on any atom is 0.266 e. The molecule has 0 fully saturated rings. The lowest BCUT2D eigenvalue weighted by atomic mass is 10.2. The van der Waals surface area contributed by atoms with Gasteiger partial charge in [0.25, 0.3) is 4.84 Å². The number of nitrogens with one attached hydrogen (secondary N) is 2. The van der Waals surface area contributed by atoms with E-state index in [1.165, 1.54) is 5.56 Å². The molecule has 0 aliphatic rings. The molecule has 0 bridgehead atoms. The van der Waals surface area contributed by atoms with Crippen LogP contribution in [0.25, 0.3) is 0 Å². The Morgan fingerprint density at radius 1 is 1.50 bits per heavy atom. The highest BCUT2D eigenvalue weighted by Gasteiger charge is 2.08. The van der Waals surface area contributed by atoms with Gasteiger partial charge in [0.15, 0.2) is 0 Å². The Kier molecular flexibility index (Phi) is 4.17. The molecule has 1 unspecified atom stereocenters. The van der Waals surface area contributed by atoms with Crippen molar-refractivity contribution in [2.45, 2.75) is 19.4 Å². The zero-order valence-corrected chi connectivity index (χ0v) is 11.0. The minimum atomic E-state index is -0.514. The van der Waals surface area contributed by atoms with E-state index in [2.05, 4.69) is 10.3 Å². The second kappa shape index (κ2) is 5.84. The van der Waals surface area contributed by atoms with Crippen molar-refractivity contribution in [2.75, 3.05) is 11.9 Å². The fraction of sp³-hybridized carbons (Fsp3) is 0.308. The van der Waals surface area contributed by atoms with Crippen molar-refractivity contribution in [1.29, 1.82) is 0 Å². The minimum Gasteiger partial charge on any atom is -0.435 e. The normalized spacial score (nSPS) is 12.3. The minimum absolute atomic E-state index is 0.337. The Morgan fingerprint density at radius 2 is 2.33 bits per heavy atom. The summed E-state index contributed by atoms with van der Waals surface area (Å²) < 4.78 is 5.20. The predicted molar refractivity (Wildman–Crippen MR) is 73.3 cm³/mol. The Balaban J connectivity index is 1.85.